The maximum Gasteiger partial charge on any atom is 0.0770 e. The summed E-state index contributed by atoms with van der Waals surface area (Å²) in [6, 6.07) is 43.0. The smallest absolute Gasteiger partial charge is 0.0770 e. The van der Waals surface area contributed by atoms with Gasteiger partial charge in [-0.3, -0.25) is 0 Å². The minimum Gasteiger partial charge on any atom is -0.354 e. The summed E-state index contributed by atoms with van der Waals surface area (Å²) in [5, 5.41) is 0. The van der Waals surface area contributed by atoms with E-state index in [1.165, 1.54) is 22.3 Å². The molecule has 2 aliphatic heterocycles. The van der Waals surface area contributed by atoms with Crippen LogP contribution >= 0.6 is 0 Å². The lowest BCUT2D eigenvalue weighted by molar-refractivity contribution is 1.25. The van der Waals surface area contributed by atoms with Gasteiger partial charge in [-0.15, -0.1) is 0 Å². The van der Waals surface area contributed by atoms with E-state index in [0.29, 0.717) is 0 Å². The van der Waals surface area contributed by atoms with Crippen LogP contribution in [0.2, 0.25) is 0 Å². The van der Waals surface area contributed by atoms with Gasteiger partial charge in [0.1, 0.15) is 0 Å². The molecule has 4 heteroatoms. The lowest BCUT2D eigenvalue weighted by Gasteiger charge is -2.09. The number of aromatic nitrogens is 4. The molecule has 0 amide bonds. The topological polar surface area (TPSA) is 57.4 Å². The molecule has 8 bridgehead atoms. The number of aromatic amines is 2. The second-order valence-corrected chi connectivity index (χ2v) is 15.3. The first kappa shape index (κ1) is 35.2. The van der Waals surface area contributed by atoms with Gasteiger partial charge in [0.2, 0.25) is 0 Å². The Morgan fingerprint density at radius 1 is 0.286 bits per heavy atom. The van der Waals surface area contributed by atoms with Crippen LogP contribution in [-0.4, -0.2) is 19.9 Å². The molecule has 0 atom stereocenters. The van der Waals surface area contributed by atoms with Gasteiger partial charge >= 0.3 is 0 Å². The van der Waals surface area contributed by atoms with Gasteiger partial charge in [0.25, 0.3) is 0 Å². The predicted octanol–water partition coefficient (Wildman–Crippen LogP) is 14.1. The molecule has 274 valence electrons. The third-order valence-electron chi connectivity index (χ3n) is 12.3. The molecule has 56 heavy (non-hydrogen) atoms. The van der Waals surface area contributed by atoms with E-state index in [4.69, 9.17) is 9.97 Å². The Hall–Kier alpha value is -6.52. The molecule has 0 radical (unpaired) electrons. The zero-order chi connectivity index (χ0) is 38.8. The van der Waals surface area contributed by atoms with Gasteiger partial charge in [0.15, 0.2) is 0 Å². The Morgan fingerprint density at radius 2 is 0.518 bits per heavy atom. The van der Waals surface area contributed by atoms with E-state index in [1.54, 1.807) is 0 Å². The molecule has 0 spiro atoms. The molecule has 2 aliphatic rings. The second kappa shape index (κ2) is 13.6. The largest absolute Gasteiger partial charge is 0.354 e. The van der Waals surface area contributed by atoms with Crippen LogP contribution in [0.3, 0.4) is 0 Å². The summed E-state index contributed by atoms with van der Waals surface area (Å²) in [5.74, 6) is 0. The number of benzene rings is 4. The van der Waals surface area contributed by atoms with Crippen molar-refractivity contribution in [2.45, 2.75) is 55.4 Å². The van der Waals surface area contributed by atoms with Gasteiger partial charge < -0.3 is 9.97 Å². The second-order valence-electron chi connectivity index (χ2n) is 15.3. The third kappa shape index (κ3) is 5.43. The van der Waals surface area contributed by atoms with Crippen molar-refractivity contribution in [3.8, 4) is 44.5 Å². The molecule has 5 heterocycles. The van der Waals surface area contributed by atoms with Crippen molar-refractivity contribution in [2.75, 3.05) is 0 Å². The molecule has 7 aromatic rings. The summed E-state index contributed by atoms with van der Waals surface area (Å²) in [6.07, 6.45) is 0. The molecular formula is C52H46N4. The maximum absolute atomic E-state index is 5.70. The molecule has 0 saturated carbocycles. The van der Waals surface area contributed by atoms with E-state index in [1.807, 2.05) is 0 Å². The van der Waals surface area contributed by atoms with E-state index >= 15 is 0 Å². The van der Waals surface area contributed by atoms with E-state index in [9.17, 15) is 0 Å². The summed E-state index contributed by atoms with van der Waals surface area (Å²) in [6.45, 7) is 17.9. The van der Waals surface area contributed by atoms with Gasteiger partial charge in [-0.2, -0.15) is 0 Å². The Kier molecular flexibility index (Phi) is 8.58. The fourth-order valence-corrected chi connectivity index (χ4v) is 8.64. The van der Waals surface area contributed by atoms with Crippen molar-refractivity contribution in [1.82, 2.24) is 19.9 Å². The van der Waals surface area contributed by atoms with Crippen LogP contribution in [0.25, 0.3) is 88.9 Å². The highest BCUT2D eigenvalue weighted by atomic mass is 14.8. The molecule has 4 aromatic carbocycles. The van der Waals surface area contributed by atoms with Crippen molar-refractivity contribution in [1.29, 1.82) is 0 Å². The lowest BCUT2D eigenvalue weighted by Crippen LogP contribution is -1.93. The van der Waals surface area contributed by atoms with Gasteiger partial charge in [0.05, 0.1) is 44.8 Å². The van der Waals surface area contributed by atoms with E-state index in [0.717, 1.165) is 112 Å². The zero-order valence-electron chi connectivity index (χ0n) is 33.4. The van der Waals surface area contributed by atoms with Crippen LogP contribution in [0.5, 0.6) is 0 Å². The Bertz CT molecular complexity index is 2780. The number of rotatable bonds is 4. The van der Waals surface area contributed by atoms with Crippen LogP contribution in [-0.2, 0) is 0 Å². The van der Waals surface area contributed by atoms with E-state index in [2.05, 4.69) is 187 Å². The SMILES string of the molecule is CC1=C(C)c2nc1c(-c1ccccc1)c1nc(c(-c3ccccc3)c3[nH]c(c(C)c3C)c(-c3ccccc3)c3[nH]c(c(C)c3C)c2-c2ccccc2)C(C)=C1C. The first-order valence-electron chi connectivity index (χ1n) is 19.5. The number of nitrogens with zero attached hydrogens (tertiary/aromatic N) is 2. The third-order valence-corrected chi connectivity index (χ3v) is 12.3. The van der Waals surface area contributed by atoms with Crippen LogP contribution < -0.4 is 0 Å². The minimum absolute atomic E-state index is 0.963. The highest BCUT2D eigenvalue weighted by Crippen LogP contribution is 2.47. The lowest BCUT2D eigenvalue weighted by atomic mass is 9.93. The van der Waals surface area contributed by atoms with Crippen LogP contribution in [0.4, 0.5) is 0 Å². The molecule has 0 aliphatic carbocycles. The summed E-state index contributed by atoms with van der Waals surface area (Å²) in [5.41, 5.74) is 26.6. The molecule has 0 saturated heterocycles. The summed E-state index contributed by atoms with van der Waals surface area (Å²) < 4.78 is 0. The van der Waals surface area contributed by atoms with Crippen molar-refractivity contribution >= 4 is 44.4 Å². The molecule has 4 nitrogen and oxygen atoms in total. The summed E-state index contributed by atoms with van der Waals surface area (Å²) >= 11 is 0. The van der Waals surface area contributed by atoms with Gasteiger partial charge in [-0.1, -0.05) is 121 Å². The first-order valence-corrected chi connectivity index (χ1v) is 19.5. The van der Waals surface area contributed by atoms with Gasteiger partial charge in [-0.25, -0.2) is 9.97 Å². The van der Waals surface area contributed by atoms with Crippen molar-refractivity contribution in [2.24, 2.45) is 0 Å². The Morgan fingerprint density at radius 3 is 0.821 bits per heavy atom. The van der Waals surface area contributed by atoms with Gasteiger partial charge in [0, 0.05) is 22.3 Å². The maximum atomic E-state index is 5.70. The molecular weight excluding hydrogens is 681 g/mol. The monoisotopic (exact) mass is 726 g/mol. The fourth-order valence-electron chi connectivity index (χ4n) is 8.64. The number of aryl methyl sites for hydroxylation is 4. The summed E-state index contributed by atoms with van der Waals surface area (Å²) in [4.78, 5) is 19.5. The van der Waals surface area contributed by atoms with Crippen molar-refractivity contribution in [3.63, 3.8) is 0 Å². The van der Waals surface area contributed by atoms with Gasteiger partial charge in [-0.05, 0) is 122 Å². The minimum atomic E-state index is 0.963. The summed E-state index contributed by atoms with van der Waals surface area (Å²) in [7, 11) is 0. The van der Waals surface area contributed by atoms with Crippen LogP contribution in [0.15, 0.2) is 121 Å². The Balaban J connectivity index is 1.63. The molecule has 0 fully saturated rings. The first-order chi connectivity index (χ1) is 27.2. The standard InChI is InChI=1S/C52H46N4/c1-29-30(2)46-42(38-23-15-10-16-24-38)48-33(5)34(6)50(55-48)44(40-27-19-12-20-28-40)52-36(8)35(7)51(56-52)43(39-25-17-11-18-26-39)49-32(4)31(3)47(54-49)41(45(29)53-46)37-21-13-9-14-22-37/h9-28,53-54H,1-8H3. The van der Waals surface area contributed by atoms with E-state index in [-0.39, 0.29) is 0 Å². The van der Waals surface area contributed by atoms with Crippen LogP contribution in [0, 0.1) is 27.7 Å². The molecule has 2 N–H and O–H groups in total. The van der Waals surface area contributed by atoms with E-state index < -0.39 is 0 Å². The number of hydrogen-bond donors (Lipinski definition) is 2. The average Bonchev–Trinajstić information content (AvgIpc) is 3.89. The fraction of sp³-hybridized carbons (Fsp3) is 0.154. The molecule has 0 unspecified atom stereocenters. The predicted molar refractivity (Wildman–Crippen MR) is 238 cm³/mol. The zero-order valence-corrected chi connectivity index (χ0v) is 33.4. The highest BCUT2D eigenvalue weighted by Gasteiger charge is 2.29. The average molecular weight is 727 g/mol. The number of fused-ring (bicyclic) bond motifs is 8. The van der Waals surface area contributed by atoms with Crippen LogP contribution in [0.1, 0.15) is 72.7 Å². The quantitative estimate of drug-likeness (QED) is 0.190. The Labute approximate surface area is 329 Å². The molecule has 3 aromatic heterocycles. The number of nitrogens with one attached hydrogen (secondary N) is 2. The normalized spacial score (nSPS) is 12.9. The number of H-pyrrole nitrogens is 2. The van der Waals surface area contributed by atoms with Crippen molar-refractivity contribution in [3.05, 3.63) is 166 Å². The number of allylic oxidation sites excluding steroid dienone is 4. The number of hydrogen-bond acceptors (Lipinski definition) is 2. The highest BCUT2D eigenvalue weighted by molar-refractivity contribution is 6.08. The van der Waals surface area contributed by atoms with Crippen molar-refractivity contribution < 1.29 is 0 Å². The molecule has 9 rings (SSSR count).